The van der Waals surface area contributed by atoms with Crippen LogP contribution >= 0.6 is 0 Å². The minimum absolute atomic E-state index is 0.00793. The number of carbonyl (C=O) groups excluding carboxylic acids is 1. The number of hydrogen-bond donors (Lipinski definition) is 3. The van der Waals surface area contributed by atoms with E-state index in [1.165, 1.54) is 36.5 Å². The average Bonchev–Trinajstić information content (AvgIpc) is 2.65. The van der Waals surface area contributed by atoms with E-state index in [1.54, 1.807) is 10.8 Å². The van der Waals surface area contributed by atoms with Gasteiger partial charge in [0.1, 0.15) is 5.69 Å². The van der Waals surface area contributed by atoms with Crippen molar-refractivity contribution in [3.05, 3.63) is 60.4 Å². The monoisotopic (exact) mass is 411 g/mol. The van der Waals surface area contributed by atoms with Crippen LogP contribution in [0.15, 0.2) is 59.6 Å². The summed E-state index contributed by atoms with van der Waals surface area (Å²) < 4.78 is 64.2. The smallest absolute Gasteiger partial charge is 0.280 e. The van der Waals surface area contributed by atoms with Crippen molar-refractivity contribution in [3.63, 3.8) is 0 Å². The predicted molar refractivity (Wildman–Crippen MR) is 93.5 cm³/mol. The molecule has 0 unspecified atom stereocenters. The Labute approximate surface area is 156 Å². The molecule has 2 amide bonds. The number of hydrazine groups is 1. The molecule has 0 atom stereocenters. The molecule has 0 spiro atoms. The van der Waals surface area contributed by atoms with Gasteiger partial charge in [-0.2, -0.15) is 13.2 Å². The molecule has 2 heterocycles. The van der Waals surface area contributed by atoms with Crippen LogP contribution in [0.5, 0.6) is 0 Å². The molecule has 0 radical (unpaired) electrons. The molecule has 0 saturated carbocycles. The van der Waals surface area contributed by atoms with Crippen LogP contribution in [0.4, 0.5) is 23.8 Å². The zero-order valence-corrected chi connectivity index (χ0v) is 14.7. The summed E-state index contributed by atoms with van der Waals surface area (Å²) in [6, 6.07) is 9.29. The van der Waals surface area contributed by atoms with Gasteiger partial charge in [0, 0.05) is 11.6 Å². The van der Waals surface area contributed by atoms with E-state index in [-0.39, 0.29) is 21.6 Å². The van der Waals surface area contributed by atoms with Crippen LogP contribution in [-0.4, -0.2) is 24.4 Å². The van der Waals surface area contributed by atoms with E-state index in [1.807, 2.05) is 0 Å². The van der Waals surface area contributed by atoms with Gasteiger partial charge in [0.2, 0.25) is 0 Å². The summed E-state index contributed by atoms with van der Waals surface area (Å²) in [4.78, 5) is 19.2. The lowest BCUT2D eigenvalue weighted by atomic mass is 10.2. The summed E-state index contributed by atoms with van der Waals surface area (Å²) in [6.45, 7) is 0. The lowest BCUT2D eigenvalue weighted by Crippen LogP contribution is -2.42. The van der Waals surface area contributed by atoms with Gasteiger partial charge in [-0.25, -0.2) is 33.3 Å². The first kappa shape index (κ1) is 19.4. The Hall–Kier alpha value is -3.41. The van der Waals surface area contributed by atoms with Gasteiger partial charge in [0.15, 0.2) is 5.82 Å². The number of rotatable bonds is 4. The lowest BCUT2D eigenvalue weighted by molar-refractivity contribution is -0.140. The summed E-state index contributed by atoms with van der Waals surface area (Å²) >= 11 is 0. The standard InChI is InChI=1S/C16H12F3N5O3S/c17-16(18,19)13-7-6-11-12(21-13)8-9-20-14(11)22-23-15(25)24-28(26,27)10-4-2-1-3-5-10/h1-9H,(H,20,22)(H2,23,24,25). The summed E-state index contributed by atoms with van der Waals surface area (Å²) in [6.07, 6.45) is -3.41. The maximum absolute atomic E-state index is 12.8. The van der Waals surface area contributed by atoms with Crippen LogP contribution in [0, 0.1) is 0 Å². The van der Waals surface area contributed by atoms with Crippen LogP contribution < -0.4 is 15.6 Å². The zero-order chi connectivity index (χ0) is 20.4. The molecule has 0 aliphatic heterocycles. The lowest BCUT2D eigenvalue weighted by Gasteiger charge is -2.12. The minimum atomic E-state index is -4.60. The number of hydrogen-bond acceptors (Lipinski definition) is 6. The molecular formula is C16H12F3N5O3S. The normalized spacial score (nSPS) is 11.8. The number of nitrogens with one attached hydrogen (secondary N) is 3. The van der Waals surface area contributed by atoms with Crippen molar-refractivity contribution in [2.45, 2.75) is 11.1 Å². The number of alkyl halides is 3. The van der Waals surface area contributed by atoms with Crippen molar-refractivity contribution in [1.82, 2.24) is 20.1 Å². The Bertz CT molecular complexity index is 1120. The van der Waals surface area contributed by atoms with Crippen molar-refractivity contribution in [2.75, 3.05) is 5.43 Å². The Morgan fingerprint density at radius 3 is 2.39 bits per heavy atom. The Morgan fingerprint density at radius 2 is 1.71 bits per heavy atom. The summed E-state index contributed by atoms with van der Waals surface area (Å²) in [7, 11) is -4.09. The molecule has 0 aliphatic carbocycles. The second-order valence-electron chi connectivity index (χ2n) is 5.42. The topological polar surface area (TPSA) is 113 Å². The molecule has 3 aromatic rings. The van der Waals surface area contributed by atoms with Crippen LogP contribution in [-0.2, 0) is 16.2 Å². The van der Waals surface area contributed by atoms with E-state index in [2.05, 4.69) is 20.8 Å². The Balaban J connectivity index is 1.74. The number of amides is 2. The van der Waals surface area contributed by atoms with Crippen molar-refractivity contribution >= 4 is 32.8 Å². The van der Waals surface area contributed by atoms with Crippen LogP contribution in [0.3, 0.4) is 0 Å². The fraction of sp³-hybridized carbons (Fsp3) is 0.0625. The van der Waals surface area contributed by atoms with Crippen molar-refractivity contribution in [1.29, 1.82) is 0 Å². The molecule has 3 rings (SSSR count). The van der Waals surface area contributed by atoms with E-state index >= 15 is 0 Å². The number of anilines is 1. The first-order valence-electron chi connectivity index (χ1n) is 7.64. The number of urea groups is 1. The van der Waals surface area contributed by atoms with Gasteiger partial charge in [-0.15, -0.1) is 0 Å². The highest BCUT2D eigenvalue weighted by molar-refractivity contribution is 7.90. The highest BCUT2D eigenvalue weighted by Gasteiger charge is 2.32. The van der Waals surface area contributed by atoms with Gasteiger partial charge in [-0.3, -0.25) is 5.43 Å². The fourth-order valence-electron chi connectivity index (χ4n) is 2.23. The second-order valence-corrected chi connectivity index (χ2v) is 7.10. The maximum atomic E-state index is 12.8. The van der Waals surface area contributed by atoms with Crippen LogP contribution in [0.2, 0.25) is 0 Å². The zero-order valence-electron chi connectivity index (χ0n) is 13.9. The summed E-state index contributed by atoms with van der Waals surface area (Å²) in [5.74, 6) is -0.00835. The van der Waals surface area contributed by atoms with Gasteiger partial charge in [-0.05, 0) is 30.3 Å². The summed E-state index contributed by atoms with van der Waals surface area (Å²) in [5, 5.41) is 0.196. The third-order valence-corrected chi connectivity index (χ3v) is 4.83. The molecule has 146 valence electrons. The number of aromatic nitrogens is 2. The fourth-order valence-corrected chi connectivity index (χ4v) is 3.16. The molecule has 28 heavy (non-hydrogen) atoms. The molecule has 12 heteroatoms. The predicted octanol–water partition coefficient (Wildman–Crippen LogP) is 2.66. The highest BCUT2D eigenvalue weighted by atomic mass is 32.2. The van der Waals surface area contributed by atoms with Crippen molar-refractivity contribution in [2.24, 2.45) is 0 Å². The number of carbonyl (C=O) groups is 1. The van der Waals surface area contributed by atoms with Gasteiger partial charge in [-0.1, -0.05) is 18.2 Å². The van der Waals surface area contributed by atoms with Crippen molar-refractivity contribution in [3.8, 4) is 0 Å². The molecule has 0 aliphatic rings. The number of nitrogens with zero attached hydrogens (tertiary/aromatic N) is 2. The quantitative estimate of drug-likeness (QED) is 0.569. The molecule has 8 nitrogen and oxygen atoms in total. The van der Waals surface area contributed by atoms with E-state index < -0.39 is 27.9 Å². The van der Waals surface area contributed by atoms with E-state index in [0.717, 1.165) is 12.1 Å². The first-order chi connectivity index (χ1) is 13.2. The number of halogens is 3. The minimum Gasteiger partial charge on any atom is -0.280 e. The Morgan fingerprint density at radius 1 is 1.00 bits per heavy atom. The van der Waals surface area contributed by atoms with E-state index in [4.69, 9.17) is 0 Å². The van der Waals surface area contributed by atoms with Gasteiger partial charge in [0.25, 0.3) is 10.0 Å². The first-order valence-corrected chi connectivity index (χ1v) is 9.12. The SMILES string of the molecule is O=C(NNc1nccc2nc(C(F)(F)F)ccc12)NS(=O)(=O)c1ccccc1. The maximum Gasteiger partial charge on any atom is 0.433 e. The number of sulfonamides is 1. The highest BCUT2D eigenvalue weighted by Crippen LogP contribution is 2.30. The molecule has 3 N–H and O–H groups in total. The summed E-state index contributed by atoms with van der Waals surface area (Å²) in [5.41, 5.74) is 3.35. The third-order valence-electron chi connectivity index (χ3n) is 3.48. The van der Waals surface area contributed by atoms with Crippen LogP contribution in [0.1, 0.15) is 5.69 Å². The van der Waals surface area contributed by atoms with Gasteiger partial charge < -0.3 is 0 Å². The Kier molecular flexibility index (Phi) is 5.05. The number of fused-ring (bicyclic) bond motifs is 1. The van der Waals surface area contributed by atoms with Gasteiger partial charge in [0.05, 0.1) is 10.4 Å². The third kappa shape index (κ3) is 4.28. The second kappa shape index (κ2) is 7.31. The van der Waals surface area contributed by atoms with Crippen molar-refractivity contribution < 1.29 is 26.4 Å². The molecular weight excluding hydrogens is 399 g/mol. The van der Waals surface area contributed by atoms with E-state index in [9.17, 15) is 26.4 Å². The molecule has 2 aromatic heterocycles. The molecule has 1 aromatic carbocycles. The molecule has 0 bridgehead atoms. The number of pyridine rings is 2. The largest absolute Gasteiger partial charge is 0.433 e. The molecule has 0 fully saturated rings. The van der Waals surface area contributed by atoms with Gasteiger partial charge >= 0.3 is 12.2 Å². The van der Waals surface area contributed by atoms with E-state index in [0.29, 0.717) is 0 Å². The molecule has 0 saturated heterocycles. The average molecular weight is 411 g/mol. The van der Waals surface area contributed by atoms with Crippen LogP contribution in [0.25, 0.3) is 10.9 Å². The number of benzene rings is 1.